The first-order chi connectivity index (χ1) is 13.5. The summed E-state index contributed by atoms with van der Waals surface area (Å²) in [6, 6.07) is 13.7. The molecule has 28 heavy (non-hydrogen) atoms. The molecular formula is C20H16N4O4. The molecule has 2 aromatic heterocycles. The molecule has 0 fully saturated rings. The lowest BCUT2D eigenvalue weighted by atomic mass is 10.1. The highest BCUT2D eigenvalue weighted by atomic mass is 16.5. The van der Waals surface area contributed by atoms with Gasteiger partial charge < -0.3 is 20.0 Å². The predicted octanol–water partition coefficient (Wildman–Crippen LogP) is 2.59. The van der Waals surface area contributed by atoms with Crippen LogP contribution in [0.3, 0.4) is 0 Å². The van der Waals surface area contributed by atoms with Crippen LogP contribution in [0, 0.1) is 0 Å². The molecule has 0 saturated carbocycles. The van der Waals surface area contributed by atoms with Crippen molar-refractivity contribution >= 4 is 39.5 Å². The molecule has 0 aliphatic carbocycles. The minimum atomic E-state index is -1.02. The summed E-state index contributed by atoms with van der Waals surface area (Å²) in [6.07, 6.45) is 0.573. The lowest BCUT2D eigenvalue weighted by Gasteiger charge is -2.14. The highest BCUT2D eigenvalue weighted by Gasteiger charge is 2.21. The smallest absolute Gasteiger partial charge is 0.341 e. The molecule has 0 bridgehead atoms. The number of aromatic amines is 2. The Morgan fingerprint density at radius 3 is 2.71 bits per heavy atom. The van der Waals surface area contributed by atoms with Crippen molar-refractivity contribution in [2.24, 2.45) is 0 Å². The number of anilines is 1. The number of amides is 1. The average molecular weight is 376 g/mol. The number of esters is 1. The number of nitrogens with one attached hydrogen (secondary N) is 3. The van der Waals surface area contributed by atoms with E-state index in [9.17, 15) is 14.4 Å². The van der Waals surface area contributed by atoms with Gasteiger partial charge in [-0.1, -0.05) is 18.2 Å². The van der Waals surface area contributed by atoms with Gasteiger partial charge in [0.05, 0.1) is 22.1 Å². The molecule has 3 N–H and O–H groups in total. The molecule has 4 aromatic rings. The zero-order valence-corrected chi connectivity index (χ0v) is 14.9. The van der Waals surface area contributed by atoms with E-state index in [-0.39, 0.29) is 5.69 Å². The first-order valence-electron chi connectivity index (χ1n) is 8.59. The quantitative estimate of drug-likeness (QED) is 0.473. The minimum absolute atomic E-state index is 0.295. The molecule has 0 aliphatic heterocycles. The number of hydrogen-bond donors (Lipinski definition) is 3. The fourth-order valence-corrected chi connectivity index (χ4v) is 2.90. The van der Waals surface area contributed by atoms with Crippen LogP contribution in [0.25, 0.3) is 21.9 Å². The maximum absolute atomic E-state index is 12.5. The summed E-state index contributed by atoms with van der Waals surface area (Å²) in [5.41, 5.74) is 2.15. The Kier molecular flexibility index (Phi) is 4.36. The summed E-state index contributed by atoms with van der Waals surface area (Å²) in [5, 5.41) is 3.48. The molecule has 140 valence electrons. The van der Waals surface area contributed by atoms with Crippen molar-refractivity contribution in [3.05, 3.63) is 70.8 Å². The number of ether oxygens (including phenoxy) is 1. The van der Waals surface area contributed by atoms with Crippen LogP contribution >= 0.6 is 0 Å². The number of carbonyl (C=O) groups is 2. The standard InChI is InChI=1S/C20H16N4O4/c1-11(18(25)22-13-7-8-15-16(10-13)24-20(27)23-15)28-19(26)14-6-2-4-12-5-3-9-21-17(12)14/h2-11H,1H3,(H,22,25)(H2,23,24,27)/t11-/m1/s1. The summed E-state index contributed by atoms with van der Waals surface area (Å²) in [4.78, 5) is 45.7. The molecule has 8 heteroatoms. The Hall–Kier alpha value is -3.94. The van der Waals surface area contributed by atoms with Gasteiger partial charge in [-0.2, -0.15) is 0 Å². The van der Waals surface area contributed by atoms with Crippen LogP contribution in [0.15, 0.2) is 59.5 Å². The van der Waals surface area contributed by atoms with E-state index < -0.39 is 18.0 Å². The Labute approximate surface area is 158 Å². The van der Waals surface area contributed by atoms with Gasteiger partial charge in [-0.3, -0.25) is 9.78 Å². The van der Waals surface area contributed by atoms with Crippen molar-refractivity contribution in [3.63, 3.8) is 0 Å². The summed E-state index contributed by atoms with van der Waals surface area (Å²) in [7, 11) is 0. The first kappa shape index (κ1) is 17.5. The minimum Gasteiger partial charge on any atom is -0.449 e. The van der Waals surface area contributed by atoms with E-state index in [1.807, 2.05) is 12.1 Å². The molecule has 1 atom stereocenters. The normalized spacial score (nSPS) is 12.0. The van der Waals surface area contributed by atoms with Gasteiger partial charge in [-0.05, 0) is 37.3 Å². The van der Waals surface area contributed by atoms with E-state index >= 15 is 0 Å². The van der Waals surface area contributed by atoms with E-state index in [2.05, 4.69) is 20.3 Å². The third-order valence-electron chi connectivity index (χ3n) is 4.29. The number of imidazole rings is 1. The Bertz CT molecular complexity index is 1250. The SMILES string of the molecule is C[C@@H](OC(=O)c1cccc2cccnc12)C(=O)Nc1ccc2[nH]c(=O)[nH]c2c1. The zero-order valence-electron chi connectivity index (χ0n) is 14.9. The fraction of sp³-hybridized carbons (Fsp3) is 0.100. The van der Waals surface area contributed by atoms with E-state index in [1.165, 1.54) is 6.92 Å². The van der Waals surface area contributed by atoms with Crippen LogP contribution in [0.5, 0.6) is 0 Å². The van der Waals surface area contributed by atoms with Crippen molar-refractivity contribution in [3.8, 4) is 0 Å². The van der Waals surface area contributed by atoms with Crippen LogP contribution in [0.4, 0.5) is 5.69 Å². The van der Waals surface area contributed by atoms with Gasteiger partial charge in [0, 0.05) is 17.3 Å². The number of pyridine rings is 1. The van der Waals surface area contributed by atoms with E-state index in [0.717, 1.165) is 5.39 Å². The molecule has 0 saturated heterocycles. The average Bonchev–Trinajstić information content (AvgIpc) is 3.06. The maximum Gasteiger partial charge on any atom is 0.341 e. The predicted molar refractivity (Wildman–Crippen MR) is 104 cm³/mol. The fourth-order valence-electron chi connectivity index (χ4n) is 2.90. The van der Waals surface area contributed by atoms with Crippen LogP contribution in [-0.4, -0.2) is 32.9 Å². The number of rotatable bonds is 4. The summed E-state index contributed by atoms with van der Waals surface area (Å²) in [6.45, 7) is 1.49. The molecular weight excluding hydrogens is 360 g/mol. The number of hydrogen-bond acceptors (Lipinski definition) is 5. The number of aromatic nitrogens is 3. The third-order valence-corrected chi connectivity index (χ3v) is 4.29. The highest BCUT2D eigenvalue weighted by Crippen LogP contribution is 2.18. The van der Waals surface area contributed by atoms with Gasteiger partial charge in [-0.15, -0.1) is 0 Å². The van der Waals surface area contributed by atoms with Crippen molar-refractivity contribution < 1.29 is 14.3 Å². The molecule has 8 nitrogen and oxygen atoms in total. The Balaban J connectivity index is 1.48. The van der Waals surface area contributed by atoms with Gasteiger partial charge in [0.15, 0.2) is 6.10 Å². The van der Waals surface area contributed by atoms with E-state index in [0.29, 0.717) is 27.8 Å². The topological polar surface area (TPSA) is 117 Å². The number of nitrogens with zero attached hydrogens (tertiary/aromatic N) is 1. The number of carbonyl (C=O) groups excluding carboxylic acids is 2. The van der Waals surface area contributed by atoms with Crippen molar-refractivity contribution in [2.45, 2.75) is 13.0 Å². The first-order valence-corrected chi connectivity index (χ1v) is 8.59. The molecule has 0 unspecified atom stereocenters. The lowest BCUT2D eigenvalue weighted by Crippen LogP contribution is -2.30. The second-order valence-corrected chi connectivity index (χ2v) is 6.26. The maximum atomic E-state index is 12.5. The molecule has 0 spiro atoms. The van der Waals surface area contributed by atoms with Gasteiger partial charge in [0.25, 0.3) is 5.91 Å². The van der Waals surface area contributed by atoms with E-state index in [1.54, 1.807) is 42.6 Å². The van der Waals surface area contributed by atoms with Crippen molar-refractivity contribution in [1.82, 2.24) is 15.0 Å². The third kappa shape index (κ3) is 3.35. The zero-order chi connectivity index (χ0) is 19.7. The number of fused-ring (bicyclic) bond motifs is 2. The molecule has 1 amide bonds. The molecule has 2 aromatic carbocycles. The van der Waals surface area contributed by atoms with Crippen LogP contribution < -0.4 is 11.0 Å². The van der Waals surface area contributed by atoms with Crippen LogP contribution in [0.2, 0.25) is 0 Å². The van der Waals surface area contributed by atoms with Crippen molar-refractivity contribution in [2.75, 3.05) is 5.32 Å². The highest BCUT2D eigenvalue weighted by molar-refractivity contribution is 6.04. The molecule has 0 radical (unpaired) electrons. The summed E-state index contributed by atoms with van der Waals surface area (Å²) < 4.78 is 5.32. The van der Waals surface area contributed by atoms with Crippen LogP contribution in [0.1, 0.15) is 17.3 Å². The number of para-hydroxylation sites is 1. The Morgan fingerprint density at radius 1 is 1.07 bits per heavy atom. The molecule has 2 heterocycles. The largest absolute Gasteiger partial charge is 0.449 e. The monoisotopic (exact) mass is 376 g/mol. The lowest BCUT2D eigenvalue weighted by molar-refractivity contribution is -0.123. The van der Waals surface area contributed by atoms with Crippen LogP contribution in [-0.2, 0) is 9.53 Å². The molecule has 4 rings (SSSR count). The van der Waals surface area contributed by atoms with Gasteiger partial charge in [0.2, 0.25) is 0 Å². The van der Waals surface area contributed by atoms with Crippen molar-refractivity contribution in [1.29, 1.82) is 0 Å². The van der Waals surface area contributed by atoms with Gasteiger partial charge in [0.1, 0.15) is 0 Å². The number of H-pyrrole nitrogens is 2. The summed E-state index contributed by atoms with van der Waals surface area (Å²) in [5.74, 6) is -1.11. The van der Waals surface area contributed by atoms with Gasteiger partial charge >= 0.3 is 11.7 Å². The summed E-state index contributed by atoms with van der Waals surface area (Å²) >= 11 is 0. The Morgan fingerprint density at radius 2 is 1.86 bits per heavy atom. The molecule has 0 aliphatic rings. The second kappa shape index (κ2) is 6.99. The number of benzene rings is 2. The van der Waals surface area contributed by atoms with Gasteiger partial charge in [-0.25, -0.2) is 9.59 Å². The van der Waals surface area contributed by atoms with E-state index in [4.69, 9.17) is 4.74 Å². The second-order valence-electron chi connectivity index (χ2n) is 6.26.